The van der Waals surface area contributed by atoms with Crippen LogP contribution in [-0.4, -0.2) is 89.5 Å². The van der Waals surface area contributed by atoms with Crippen LogP contribution >= 0.6 is 22.9 Å². The Kier molecular flexibility index (Phi) is 21.8. The number of nitriles is 2. The van der Waals surface area contributed by atoms with Gasteiger partial charge in [-0.15, -0.1) is 0 Å². The topological polar surface area (TPSA) is 313 Å². The summed E-state index contributed by atoms with van der Waals surface area (Å²) in [5.74, 6) is 2.32. The number of oxazole rings is 1. The molecule has 2 atom stereocenters. The summed E-state index contributed by atoms with van der Waals surface area (Å²) in [6, 6.07) is 52.6. The number of hydrogen-bond acceptors (Lipinski definition) is 19. The van der Waals surface area contributed by atoms with Crippen molar-refractivity contribution in [2.75, 3.05) is 55.9 Å². The molecule has 4 N–H and O–H groups in total. The molecule has 0 saturated heterocycles. The van der Waals surface area contributed by atoms with Crippen LogP contribution < -0.4 is 44.4 Å². The molecular formula is C68H59ClN8O14S3. The number of sulfone groups is 2. The molecule has 94 heavy (non-hydrogen) atoms. The van der Waals surface area contributed by atoms with Crippen LogP contribution in [0.5, 0.6) is 34.5 Å². The third-order valence-electron chi connectivity index (χ3n) is 14.1. The van der Waals surface area contributed by atoms with Crippen molar-refractivity contribution in [3.8, 4) is 46.6 Å². The second-order valence-electron chi connectivity index (χ2n) is 20.2. The number of fused-ring (bicyclic) bond motifs is 3. The van der Waals surface area contributed by atoms with Crippen LogP contribution in [0.1, 0.15) is 53.9 Å². The number of ether oxygens (including phenoxy) is 6. The van der Waals surface area contributed by atoms with Crippen molar-refractivity contribution in [1.82, 2.24) is 15.0 Å². The maximum absolute atomic E-state index is 13.2. The number of nitrogens with one attached hydrogen (secondary N) is 4. The van der Waals surface area contributed by atoms with Crippen molar-refractivity contribution in [1.29, 1.82) is 10.5 Å². The first-order valence-electron chi connectivity index (χ1n) is 28.5. The van der Waals surface area contributed by atoms with Gasteiger partial charge >= 0.3 is 6.01 Å². The molecule has 8 aromatic carbocycles. The number of hydrogen-bond donors (Lipinski definition) is 4. The number of amides is 3. The van der Waals surface area contributed by atoms with Gasteiger partial charge in [-0.3, -0.25) is 25.0 Å². The molecule has 0 radical (unpaired) electrons. The number of para-hydroxylation sites is 1. The highest BCUT2D eigenvalue weighted by Gasteiger charge is 2.27. The molecule has 0 aliphatic rings. The van der Waals surface area contributed by atoms with E-state index in [0.717, 1.165) is 15.6 Å². The Hall–Kier alpha value is -11.0. The maximum atomic E-state index is 13.2. The Morgan fingerprint density at radius 3 is 1.60 bits per heavy atom. The first kappa shape index (κ1) is 67.4. The van der Waals surface area contributed by atoms with Gasteiger partial charge in [-0.05, 0) is 103 Å². The van der Waals surface area contributed by atoms with Gasteiger partial charge in [-0.2, -0.15) is 15.5 Å². The molecule has 0 fully saturated rings. The van der Waals surface area contributed by atoms with Crippen LogP contribution in [0.4, 0.5) is 17.0 Å². The van der Waals surface area contributed by atoms with Gasteiger partial charge < -0.3 is 43.1 Å². The highest BCUT2D eigenvalue weighted by molar-refractivity contribution is 7.91. The second-order valence-corrected chi connectivity index (χ2v) is 26.2. The van der Waals surface area contributed by atoms with Gasteiger partial charge in [0.1, 0.15) is 22.8 Å². The molecule has 11 aromatic rings. The van der Waals surface area contributed by atoms with E-state index in [0.29, 0.717) is 94.9 Å². The average molecular weight is 1340 g/mol. The molecule has 0 saturated carbocycles. The zero-order chi connectivity index (χ0) is 67.1. The number of rotatable bonds is 21. The lowest BCUT2D eigenvalue weighted by Gasteiger charge is -2.19. The Morgan fingerprint density at radius 2 is 1.07 bits per heavy atom. The van der Waals surface area contributed by atoms with Crippen LogP contribution in [0.3, 0.4) is 0 Å². The molecule has 3 aromatic heterocycles. The number of benzene rings is 8. The highest BCUT2D eigenvalue weighted by Crippen LogP contribution is 2.38. The molecule has 0 aliphatic carbocycles. The molecular weight excluding hydrogens is 1280 g/mol. The first-order chi connectivity index (χ1) is 45.2. The molecule has 0 spiro atoms. The van der Waals surface area contributed by atoms with E-state index in [9.17, 15) is 31.2 Å². The molecule has 11 rings (SSSR count). The summed E-state index contributed by atoms with van der Waals surface area (Å²) in [6.45, 7) is 3.16. The van der Waals surface area contributed by atoms with Gasteiger partial charge in [0.15, 0.2) is 53.4 Å². The number of halogens is 1. The molecule has 2 unspecified atom stereocenters. The number of anilines is 3. The Balaban J connectivity index is 0.000000167. The third kappa shape index (κ3) is 16.8. The van der Waals surface area contributed by atoms with Gasteiger partial charge in [0.25, 0.3) is 11.8 Å². The molecule has 22 nitrogen and oxygen atoms in total. The lowest BCUT2D eigenvalue weighted by Crippen LogP contribution is -2.26. The minimum absolute atomic E-state index is 0.0155. The largest absolute Gasteiger partial charge is 0.493 e. The second kappa shape index (κ2) is 30.4. The molecule has 0 bridgehead atoms. The summed E-state index contributed by atoms with van der Waals surface area (Å²) in [6.07, 6.45) is -1.97. The predicted octanol–water partition coefficient (Wildman–Crippen LogP) is 13.0. The zero-order valence-corrected chi connectivity index (χ0v) is 54.3. The zero-order valence-electron chi connectivity index (χ0n) is 51.1. The van der Waals surface area contributed by atoms with Crippen molar-refractivity contribution in [2.24, 2.45) is 0 Å². The molecule has 3 amide bonds. The smallest absolute Gasteiger partial charge is 0.302 e. The Bertz CT molecular complexity index is 4720. The van der Waals surface area contributed by atoms with Crippen LogP contribution in [0.15, 0.2) is 190 Å². The van der Waals surface area contributed by atoms with Gasteiger partial charge in [-0.25, -0.2) is 21.8 Å². The number of aromatic nitrogens is 3. The highest BCUT2D eigenvalue weighted by atomic mass is 35.5. The lowest BCUT2D eigenvalue weighted by molar-refractivity contribution is -0.123. The number of carbonyl (C=O) groups excluding carboxylic acids is 3. The summed E-state index contributed by atoms with van der Waals surface area (Å²) in [7, 11) is -0.490. The lowest BCUT2D eigenvalue weighted by atomic mass is 10.1. The number of H-pyrrole nitrogens is 1. The SMILES string of the molecule is CCS(=O)(=O)c1ccc(C(Oc2ccc(C#N)cc2)C(=O)Nc2cc3ccccc3[nH]2)cc1.CCS(=O)(=O)c1ccc(CC(=O)Nc2nc3cc(OC)c(OC)cc3o2)cc1.COc1cc2nc(NC(=O)C(Oc3ccc(C#N)cc3)c3ccc(Cl)cc3)sc2cc1OC. The minimum Gasteiger partial charge on any atom is -0.493 e. The monoisotopic (exact) mass is 1340 g/mol. The van der Waals surface area contributed by atoms with E-state index in [1.165, 1.54) is 49.8 Å². The van der Waals surface area contributed by atoms with Crippen LogP contribution in [0, 0.1) is 22.7 Å². The van der Waals surface area contributed by atoms with E-state index in [1.54, 1.807) is 143 Å². The summed E-state index contributed by atoms with van der Waals surface area (Å²) >= 11 is 7.32. The fraction of sp³-hybridized carbons (Fsp3) is 0.162. The van der Waals surface area contributed by atoms with E-state index >= 15 is 0 Å². The van der Waals surface area contributed by atoms with Gasteiger partial charge in [0.2, 0.25) is 18.1 Å². The number of aromatic amines is 1. The minimum atomic E-state index is -3.37. The number of carbonyl (C=O) groups is 3. The van der Waals surface area contributed by atoms with Gasteiger partial charge in [0, 0.05) is 51.3 Å². The van der Waals surface area contributed by atoms with E-state index in [1.807, 2.05) is 42.5 Å². The van der Waals surface area contributed by atoms with E-state index in [2.05, 4.69) is 37.0 Å². The van der Waals surface area contributed by atoms with Gasteiger partial charge in [0.05, 0.1) is 89.6 Å². The summed E-state index contributed by atoms with van der Waals surface area (Å²) in [4.78, 5) is 51.0. The van der Waals surface area contributed by atoms with E-state index < -0.39 is 43.7 Å². The standard InChI is InChI=1S/C25H21N3O4S.C24H18ClN3O4S.C19H20N2O6S/c1-2-33(30,31)21-13-9-18(10-14-21)24(32-20-11-7-17(16-26)8-12-20)25(29)28-23-15-19-5-3-4-6-22(19)27-23;1-30-19-11-18-21(12-20(19)31-2)33-24(27-18)28-23(29)22(15-5-7-16(25)8-6-15)32-17-9-3-14(13-26)4-10-17;1-4-28(23,24)13-7-5-12(6-8-13)9-18(22)21-19-20-14-10-16(25-2)17(26-3)11-15(14)27-19/h3-15,24,27H,2H2,1H3,(H,28,29);3-12,22H,1-2H3,(H,27,28,29);5-8,10-11H,4,9H2,1-3H3,(H,20,21,22). The number of thiazole rings is 1. The maximum Gasteiger partial charge on any atom is 0.302 e. The van der Waals surface area contributed by atoms with Crippen molar-refractivity contribution >= 4 is 110 Å². The fourth-order valence-electron chi connectivity index (χ4n) is 9.15. The van der Waals surface area contributed by atoms with Crippen molar-refractivity contribution in [2.45, 2.75) is 42.3 Å². The predicted molar refractivity (Wildman–Crippen MR) is 357 cm³/mol. The third-order valence-corrected chi connectivity index (χ3v) is 18.8. The van der Waals surface area contributed by atoms with Crippen LogP contribution in [0.2, 0.25) is 5.02 Å². The number of methoxy groups -OCH3 is 4. The van der Waals surface area contributed by atoms with Gasteiger partial charge in [-0.1, -0.05) is 91.4 Å². The fourth-order valence-corrected chi connectivity index (χ4v) is 11.9. The number of nitrogens with zero attached hydrogens (tertiary/aromatic N) is 4. The molecule has 26 heteroatoms. The van der Waals surface area contributed by atoms with Crippen LogP contribution in [0.25, 0.3) is 32.2 Å². The first-order valence-corrected chi connectivity index (χ1v) is 33.0. The van der Waals surface area contributed by atoms with Crippen molar-refractivity contribution in [3.05, 3.63) is 209 Å². The quantitative estimate of drug-likeness (QED) is 0.0519. The molecule has 0 aliphatic heterocycles. The summed E-state index contributed by atoms with van der Waals surface area (Å²) < 4.78 is 87.4. The molecule has 480 valence electrons. The Morgan fingerprint density at radius 1 is 0.585 bits per heavy atom. The van der Waals surface area contributed by atoms with Crippen molar-refractivity contribution in [3.63, 3.8) is 0 Å². The van der Waals surface area contributed by atoms with Crippen LogP contribution in [-0.2, 0) is 40.5 Å². The van der Waals surface area contributed by atoms with E-state index in [4.69, 9.17) is 55.0 Å². The summed E-state index contributed by atoms with van der Waals surface area (Å²) in [5, 5.41) is 28.2. The summed E-state index contributed by atoms with van der Waals surface area (Å²) in [5.41, 5.74) is 5.26. The normalized spacial score (nSPS) is 11.7. The Labute approximate surface area is 549 Å². The average Bonchev–Trinajstić information content (AvgIpc) is 2.12. The molecule has 3 heterocycles. The van der Waals surface area contributed by atoms with Crippen molar-refractivity contribution < 1.29 is 64.1 Å². The van der Waals surface area contributed by atoms with E-state index in [-0.39, 0.29) is 39.6 Å².